The minimum Gasteiger partial charge on any atom is -0.0654 e. The number of rotatable bonds is 11. The van der Waals surface area contributed by atoms with Crippen molar-refractivity contribution in [3.05, 3.63) is 0 Å². The predicted octanol–water partition coefficient (Wildman–Crippen LogP) is 7.08. The predicted molar refractivity (Wildman–Crippen MR) is 89.6 cm³/mol. The quantitative estimate of drug-likeness (QED) is 0.375. The lowest BCUT2D eigenvalue weighted by molar-refractivity contribution is 0.207. The third-order valence-corrected chi connectivity index (χ3v) is 5.38. The van der Waals surface area contributed by atoms with Crippen molar-refractivity contribution >= 4 is 0 Å². The van der Waals surface area contributed by atoms with E-state index in [0.29, 0.717) is 5.41 Å². The molecule has 0 fully saturated rings. The molecule has 0 saturated heterocycles. The van der Waals surface area contributed by atoms with Crippen molar-refractivity contribution in [2.75, 3.05) is 0 Å². The van der Waals surface area contributed by atoms with E-state index in [1.807, 2.05) is 0 Å². The van der Waals surface area contributed by atoms with Crippen molar-refractivity contribution < 1.29 is 0 Å². The van der Waals surface area contributed by atoms with Gasteiger partial charge in [-0.15, -0.1) is 0 Å². The number of hydrogen-bond acceptors (Lipinski definition) is 0. The number of hydrogen-bond donors (Lipinski definition) is 0. The van der Waals surface area contributed by atoms with Crippen LogP contribution in [0, 0.1) is 23.2 Å². The lowest BCUT2D eigenvalue weighted by Crippen LogP contribution is -2.19. The number of unbranched alkanes of at least 4 members (excludes halogenated alkanes) is 1. The van der Waals surface area contributed by atoms with Gasteiger partial charge in [0.2, 0.25) is 0 Å². The van der Waals surface area contributed by atoms with Crippen LogP contribution in [0.3, 0.4) is 0 Å². The van der Waals surface area contributed by atoms with Gasteiger partial charge in [-0.25, -0.2) is 0 Å². The second-order valence-electron chi connectivity index (χ2n) is 7.67. The first-order chi connectivity index (χ1) is 8.86. The van der Waals surface area contributed by atoms with Crippen molar-refractivity contribution in [1.82, 2.24) is 0 Å². The molecule has 0 amide bonds. The largest absolute Gasteiger partial charge is 0.0654 e. The summed E-state index contributed by atoms with van der Waals surface area (Å²) in [5, 5.41) is 0. The summed E-state index contributed by atoms with van der Waals surface area (Å²) >= 11 is 0. The zero-order valence-corrected chi connectivity index (χ0v) is 14.9. The van der Waals surface area contributed by atoms with Crippen molar-refractivity contribution in [1.29, 1.82) is 0 Å². The van der Waals surface area contributed by atoms with Crippen LogP contribution in [-0.4, -0.2) is 0 Å². The Morgan fingerprint density at radius 2 is 1.47 bits per heavy atom. The van der Waals surface area contributed by atoms with Gasteiger partial charge in [0.1, 0.15) is 0 Å². The molecule has 0 heterocycles. The zero-order chi connectivity index (χ0) is 14.9. The van der Waals surface area contributed by atoms with Crippen molar-refractivity contribution in [2.45, 2.75) is 99.8 Å². The van der Waals surface area contributed by atoms with Crippen LogP contribution in [0.2, 0.25) is 0 Å². The average molecular weight is 269 g/mol. The summed E-state index contributed by atoms with van der Waals surface area (Å²) in [6.45, 7) is 16.8. The van der Waals surface area contributed by atoms with Gasteiger partial charge in [-0.3, -0.25) is 0 Å². The van der Waals surface area contributed by atoms with Crippen LogP contribution in [0.15, 0.2) is 0 Å². The van der Waals surface area contributed by atoms with Gasteiger partial charge in [0.05, 0.1) is 0 Å². The van der Waals surface area contributed by atoms with Gasteiger partial charge in [0.15, 0.2) is 0 Å². The lowest BCUT2D eigenvalue weighted by Gasteiger charge is -2.30. The van der Waals surface area contributed by atoms with Crippen LogP contribution in [0.4, 0.5) is 0 Å². The van der Waals surface area contributed by atoms with E-state index < -0.39 is 0 Å². The first-order valence-corrected chi connectivity index (χ1v) is 8.86. The first kappa shape index (κ1) is 19.0. The summed E-state index contributed by atoms with van der Waals surface area (Å²) in [7, 11) is 0. The Hall–Kier alpha value is 0. The fraction of sp³-hybridized carbons (Fsp3) is 1.00. The summed E-state index contributed by atoms with van der Waals surface area (Å²) in [6, 6.07) is 0. The molecular weight excluding hydrogens is 228 g/mol. The molecule has 0 aromatic heterocycles. The summed E-state index contributed by atoms with van der Waals surface area (Å²) in [4.78, 5) is 0. The molecule has 3 atom stereocenters. The molecule has 0 rings (SSSR count). The second-order valence-corrected chi connectivity index (χ2v) is 7.67. The molecule has 3 unspecified atom stereocenters. The van der Waals surface area contributed by atoms with Gasteiger partial charge in [-0.05, 0) is 29.6 Å². The smallest absolute Gasteiger partial charge is 0.0354 e. The summed E-state index contributed by atoms with van der Waals surface area (Å²) in [5.74, 6) is 2.74. The maximum atomic E-state index is 2.48. The highest BCUT2D eigenvalue weighted by molar-refractivity contribution is 4.74. The normalized spacial score (nSPS) is 17.2. The van der Waals surface area contributed by atoms with Crippen molar-refractivity contribution in [3.8, 4) is 0 Å². The molecule has 0 saturated carbocycles. The molecule has 0 aliphatic heterocycles. The Kier molecular flexibility index (Phi) is 9.83. The van der Waals surface area contributed by atoms with E-state index in [9.17, 15) is 0 Å². The van der Waals surface area contributed by atoms with E-state index in [1.54, 1.807) is 0 Å². The van der Waals surface area contributed by atoms with Crippen molar-refractivity contribution in [3.63, 3.8) is 0 Å². The molecule has 0 N–H and O–H groups in total. The van der Waals surface area contributed by atoms with Gasteiger partial charge in [0.25, 0.3) is 0 Å². The van der Waals surface area contributed by atoms with E-state index in [0.717, 1.165) is 17.8 Å². The fourth-order valence-electron chi connectivity index (χ4n) is 3.05. The van der Waals surface area contributed by atoms with Gasteiger partial charge in [-0.2, -0.15) is 0 Å². The van der Waals surface area contributed by atoms with Crippen LogP contribution in [0.5, 0.6) is 0 Å². The SMILES string of the molecule is CCCCC(CC)CCC(C)C(C)CC(C)(C)CC. The molecule has 0 nitrogen and oxygen atoms in total. The minimum atomic E-state index is 0.528. The molecule has 0 heteroatoms. The molecular formula is C19H40. The molecule has 116 valence electrons. The molecule has 0 spiro atoms. The van der Waals surface area contributed by atoms with Crippen molar-refractivity contribution in [2.24, 2.45) is 23.2 Å². The van der Waals surface area contributed by atoms with Crippen LogP contribution in [0.25, 0.3) is 0 Å². The van der Waals surface area contributed by atoms with E-state index >= 15 is 0 Å². The fourth-order valence-corrected chi connectivity index (χ4v) is 3.05. The molecule has 0 radical (unpaired) electrons. The van der Waals surface area contributed by atoms with E-state index in [1.165, 1.54) is 51.4 Å². The monoisotopic (exact) mass is 268 g/mol. The van der Waals surface area contributed by atoms with E-state index in [4.69, 9.17) is 0 Å². The average Bonchev–Trinajstić information content (AvgIpc) is 2.38. The van der Waals surface area contributed by atoms with Crippen LogP contribution >= 0.6 is 0 Å². The Balaban J connectivity index is 4.03. The van der Waals surface area contributed by atoms with E-state index in [-0.39, 0.29) is 0 Å². The van der Waals surface area contributed by atoms with E-state index in [2.05, 4.69) is 48.5 Å². The summed E-state index contributed by atoms with van der Waals surface area (Å²) < 4.78 is 0. The van der Waals surface area contributed by atoms with Gasteiger partial charge in [0, 0.05) is 0 Å². The topological polar surface area (TPSA) is 0 Å². The molecule has 0 aliphatic carbocycles. The third kappa shape index (κ3) is 8.71. The van der Waals surface area contributed by atoms with Crippen LogP contribution < -0.4 is 0 Å². The third-order valence-electron chi connectivity index (χ3n) is 5.38. The van der Waals surface area contributed by atoms with Crippen LogP contribution in [-0.2, 0) is 0 Å². The van der Waals surface area contributed by atoms with Gasteiger partial charge in [-0.1, -0.05) is 93.4 Å². The maximum absolute atomic E-state index is 2.48. The van der Waals surface area contributed by atoms with Gasteiger partial charge < -0.3 is 0 Å². The molecule has 0 bridgehead atoms. The summed E-state index contributed by atoms with van der Waals surface area (Å²) in [6.07, 6.45) is 11.2. The standard InChI is InChI=1S/C19H40/c1-8-11-12-18(9-2)14-13-16(4)17(5)15-19(6,7)10-3/h16-18H,8-15H2,1-7H3. The highest BCUT2D eigenvalue weighted by Crippen LogP contribution is 2.34. The first-order valence-electron chi connectivity index (χ1n) is 8.86. The molecule has 0 aromatic carbocycles. The molecule has 19 heavy (non-hydrogen) atoms. The molecule has 0 aromatic rings. The van der Waals surface area contributed by atoms with Gasteiger partial charge >= 0.3 is 0 Å². The minimum absolute atomic E-state index is 0.528. The highest BCUT2D eigenvalue weighted by Gasteiger charge is 2.22. The highest BCUT2D eigenvalue weighted by atomic mass is 14.3. The molecule has 0 aliphatic rings. The summed E-state index contributed by atoms with van der Waals surface area (Å²) in [5.41, 5.74) is 0.528. The van der Waals surface area contributed by atoms with Crippen LogP contribution in [0.1, 0.15) is 99.8 Å². The Labute approximate surface area is 123 Å². The Bertz CT molecular complexity index is 204. The second kappa shape index (κ2) is 9.83. The Morgan fingerprint density at radius 3 is 1.95 bits per heavy atom. The maximum Gasteiger partial charge on any atom is -0.0354 e. The lowest BCUT2D eigenvalue weighted by atomic mass is 9.75. The Morgan fingerprint density at radius 1 is 0.842 bits per heavy atom. The zero-order valence-electron chi connectivity index (χ0n) is 14.9.